The van der Waals surface area contributed by atoms with E-state index in [2.05, 4.69) is 15.5 Å². The minimum Gasteiger partial charge on any atom is -0.493 e. The Kier molecular flexibility index (Phi) is 7.49. The second-order valence-electron chi connectivity index (χ2n) is 6.86. The number of oxazole rings is 1. The van der Waals surface area contributed by atoms with Crippen molar-refractivity contribution < 1.29 is 18.7 Å². The number of fused-ring (bicyclic) bond motifs is 1. The summed E-state index contributed by atoms with van der Waals surface area (Å²) in [5, 5.41) is 5.10. The van der Waals surface area contributed by atoms with Crippen LogP contribution in [0.5, 0.6) is 11.5 Å². The summed E-state index contributed by atoms with van der Waals surface area (Å²) >= 11 is 7.22. The summed E-state index contributed by atoms with van der Waals surface area (Å²) in [4.78, 5) is 16.4. The van der Waals surface area contributed by atoms with Crippen molar-refractivity contribution in [2.45, 2.75) is 11.8 Å². The van der Waals surface area contributed by atoms with Crippen LogP contribution in [0.1, 0.15) is 11.1 Å². The molecule has 4 aromatic rings. The van der Waals surface area contributed by atoms with E-state index in [4.69, 9.17) is 25.5 Å². The molecule has 1 aromatic heterocycles. The van der Waals surface area contributed by atoms with Crippen LogP contribution in [0.2, 0.25) is 5.02 Å². The summed E-state index contributed by atoms with van der Waals surface area (Å²) in [5.41, 5.74) is 5.64. The first kappa shape index (κ1) is 22.7. The standard InChI is InChI=1S/C24H20ClN3O4S/c1-30-22-12-16(9-10-21(22)31-14-17-5-4-6-18(25)11-17)13-26-28-23(29)15-33-24-27-19-7-2-3-8-20(19)32-24/h2-13H,14-15H2,1H3,(H,28,29). The number of hydrazone groups is 1. The molecule has 1 amide bonds. The zero-order chi connectivity index (χ0) is 23.0. The summed E-state index contributed by atoms with van der Waals surface area (Å²) in [6.45, 7) is 0.359. The number of aromatic nitrogens is 1. The second kappa shape index (κ2) is 10.9. The predicted molar refractivity (Wildman–Crippen MR) is 129 cm³/mol. The number of nitrogens with one attached hydrogen (secondary N) is 1. The Morgan fingerprint density at radius 3 is 2.85 bits per heavy atom. The van der Waals surface area contributed by atoms with E-state index in [1.807, 2.05) is 54.6 Å². The van der Waals surface area contributed by atoms with Crippen LogP contribution in [0, 0.1) is 0 Å². The predicted octanol–water partition coefficient (Wildman–Crippen LogP) is 5.31. The van der Waals surface area contributed by atoms with E-state index < -0.39 is 0 Å². The number of rotatable bonds is 9. The smallest absolute Gasteiger partial charge is 0.257 e. The number of nitrogens with zero attached hydrogens (tertiary/aromatic N) is 2. The first-order chi connectivity index (χ1) is 16.1. The van der Waals surface area contributed by atoms with Gasteiger partial charge in [0, 0.05) is 5.02 Å². The van der Waals surface area contributed by atoms with Crippen LogP contribution in [0.25, 0.3) is 11.1 Å². The number of carbonyl (C=O) groups is 1. The van der Waals surface area contributed by atoms with Crippen LogP contribution in [0.4, 0.5) is 0 Å². The van der Waals surface area contributed by atoms with E-state index in [-0.39, 0.29) is 11.7 Å². The van der Waals surface area contributed by atoms with Gasteiger partial charge in [0.2, 0.25) is 0 Å². The molecule has 9 heteroatoms. The number of halogens is 1. The lowest BCUT2D eigenvalue weighted by Gasteiger charge is -2.11. The van der Waals surface area contributed by atoms with Gasteiger partial charge in [0.1, 0.15) is 12.1 Å². The van der Waals surface area contributed by atoms with E-state index in [9.17, 15) is 4.79 Å². The monoisotopic (exact) mass is 481 g/mol. The van der Waals surface area contributed by atoms with Crippen LogP contribution < -0.4 is 14.9 Å². The molecule has 0 aliphatic heterocycles. The Morgan fingerprint density at radius 1 is 1.15 bits per heavy atom. The quantitative estimate of drug-likeness (QED) is 0.198. The lowest BCUT2D eigenvalue weighted by atomic mass is 10.2. The fraction of sp³-hybridized carbons (Fsp3) is 0.125. The summed E-state index contributed by atoms with van der Waals surface area (Å²) in [6, 6.07) is 20.3. The maximum absolute atomic E-state index is 12.1. The summed E-state index contributed by atoms with van der Waals surface area (Å²) < 4.78 is 16.8. The van der Waals surface area contributed by atoms with Crippen molar-refractivity contribution in [1.82, 2.24) is 10.4 Å². The highest BCUT2D eigenvalue weighted by molar-refractivity contribution is 7.99. The number of hydrogen-bond acceptors (Lipinski definition) is 7. The van der Waals surface area contributed by atoms with Crippen LogP contribution in [0.3, 0.4) is 0 Å². The van der Waals surface area contributed by atoms with Crippen molar-refractivity contribution >= 4 is 46.6 Å². The van der Waals surface area contributed by atoms with E-state index in [0.717, 1.165) is 16.6 Å². The second-order valence-corrected chi connectivity index (χ2v) is 8.22. The highest BCUT2D eigenvalue weighted by atomic mass is 35.5. The molecular weight excluding hydrogens is 462 g/mol. The topological polar surface area (TPSA) is 86.0 Å². The van der Waals surface area contributed by atoms with Crippen LogP contribution >= 0.6 is 23.4 Å². The minimum atomic E-state index is -0.271. The van der Waals surface area contributed by atoms with Gasteiger partial charge in [0.05, 0.1) is 19.1 Å². The molecule has 0 radical (unpaired) electrons. The molecule has 1 heterocycles. The lowest BCUT2D eigenvalue weighted by molar-refractivity contribution is -0.118. The van der Waals surface area contributed by atoms with E-state index in [1.165, 1.54) is 18.0 Å². The zero-order valence-electron chi connectivity index (χ0n) is 17.7. The molecule has 168 valence electrons. The zero-order valence-corrected chi connectivity index (χ0v) is 19.2. The van der Waals surface area contributed by atoms with Crippen molar-refractivity contribution in [3.05, 3.63) is 82.9 Å². The largest absolute Gasteiger partial charge is 0.493 e. The molecule has 0 unspecified atom stereocenters. The molecule has 0 aliphatic carbocycles. The number of benzene rings is 3. The third-order valence-electron chi connectivity index (χ3n) is 4.47. The third kappa shape index (κ3) is 6.27. The highest BCUT2D eigenvalue weighted by Crippen LogP contribution is 2.28. The Bertz CT molecular complexity index is 1260. The van der Waals surface area contributed by atoms with Gasteiger partial charge in [-0.2, -0.15) is 5.10 Å². The molecule has 4 rings (SSSR count). The number of thioether (sulfide) groups is 1. The van der Waals surface area contributed by atoms with Gasteiger partial charge in [0.25, 0.3) is 11.1 Å². The van der Waals surface area contributed by atoms with Crippen LogP contribution in [-0.4, -0.2) is 30.0 Å². The number of hydrogen-bond donors (Lipinski definition) is 1. The molecule has 1 N–H and O–H groups in total. The van der Waals surface area contributed by atoms with Crippen LogP contribution in [-0.2, 0) is 11.4 Å². The van der Waals surface area contributed by atoms with E-state index in [0.29, 0.717) is 33.9 Å². The van der Waals surface area contributed by atoms with Crippen molar-refractivity contribution in [3.8, 4) is 11.5 Å². The highest BCUT2D eigenvalue weighted by Gasteiger charge is 2.09. The number of para-hydroxylation sites is 2. The lowest BCUT2D eigenvalue weighted by Crippen LogP contribution is -2.19. The third-order valence-corrected chi connectivity index (χ3v) is 5.54. The molecule has 33 heavy (non-hydrogen) atoms. The Morgan fingerprint density at radius 2 is 2.03 bits per heavy atom. The van der Waals surface area contributed by atoms with E-state index >= 15 is 0 Å². The summed E-state index contributed by atoms with van der Waals surface area (Å²) in [5.74, 6) is 1.00. The van der Waals surface area contributed by atoms with Gasteiger partial charge in [-0.3, -0.25) is 4.79 Å². The SMILES string of the molecule is COc1cc(C=NNC(=O)CSc2nc3ccccc3o2)ccc1OCc1cccc(Cl)c1. The summed E-state index contributed by atoms with van der Waals surface area (Å²) in [6.07, 6.45) is 1.53. The normalized spacial score (nSPS) is 11.1. The van der Waals surface area contributed by atoms with E-state index in [1.54, 1.807) is 19.2 Å². The number of methoxy groups -OCH3 is 1. The molecule has 0 aliphatic rings. The van der Waals surface area contributed by atoms with Crippen molar-refractivity contribution in [1.29, 1.82) is 0 Å². The maximum Gasteiger partial charge on any atom is 0.257 e. The molecule has 0 saturated carbocycles. The molecule has 0 atom stereocenters. The van der Waals surface area contributed by atoms with Crippen molar-refractivity contribution in [2.75, 3.05) is 12.9 Å². The molecule has 0 bridgehead atoms. The molecule has 7 nitrogen and oxygen atoms in total. The van der Waals surface area contributed by atoms with Gasteiger partial charge in [0.15, 0.2) is 17.1 Å². The Labute approximate surface area is 199 Å². The first-order valence-corrected chi connectivity index (χ1v) is 11.3. The van der Waals surface area contributed by atoms with Gasteiger partial charge >= 0.3 is 0 Å². The minimum absolute atomic E-state index is 0.129. The average molecular weight is 482 g/mol. The van der Waals surface area contributed by atoms with Gasteiger partial charge < -0.3 is 13.9 Å². The van der Waals surface area contributed by atoms with Crippen molar-refractivity contribution in [2.24, 2.45) is 5.10 Å². The average Bonchev–Trinajstić information content (AvgIpc) is 3.25. The van der Waals surface area contributed by atoms with Gasteiger partial charge in [-0.05, 0) is 53.6 Å². The molecule has 0 fully saturated rings. The van der Waals surface area contributed by atoms with Crippen molar-refractivity contribution in [3.63, 3.8) is 0 Å². The Balaban J connectivity index is 1.29. The van der Waals surface area contributed by atoms with Crippen LogP contribution in [0.15, 0.2) is 81.5 Å². The molecule has 3 aromatic carbocycles. The first-order valence-electron chi connectivity index (χ1n) is 9.96. The fourth-order valence-corrected chi connectivity index (χ4v) is 3.77. The molecular formula is C24H20ClN3O4S. The van der Waals surface area contributed by atoms with Gasteiger partial charge in [-0.1, -0.05) is 47.6 Å². The Hall–Kier alpha value is -3.49. The van der Waals surface area contributed by atoms with Gasteiger partial charge in [-0.25, -0.2) is 10.4 Å². The molecule has 0 saturated heterocycles. The number of ether oxygens (including phenoxy) is 2. The molecule has 0 spiro atoms. The summed E-state index contributed by atoms with van der Waals surface area (Å²) in [7, 11) is 1.56. The fourth-order valence-electron chi connectivity index (χ4n) is 2.92. The number of carbonyl (C=O) groups excluding carboxylic acids is 1. The van der Waals surface area contributed by atoms with Gasteiger partial charge in [-0.15, -0.1) is 0 Å². The number of amides is 1. The maximum atomic E-state index is 12.1.